The maximum Gasteiger partial charge on any atom is 0.338 e. The molecule has 0 aliphatic heterocycles. The number of thiophene rings is 1. The zero-order valence-electron chi connectivity index (χ0n) is 12.2. The van der Waals surface area contributed by atoms with Crippen LogP contribution in [0.4, 0.5) is 5.69 Å². The fourth-order valence-electron chi connectivity index (χ4n) is 2.06. The summed E-state index contributed by atoms with van der Waals surface area (Å²) < 4.78 is 0. The van der Waals surface area contributed by atoms with Crippen LogP contribution < -0.4 is 5.32 Å². The molecule has 2 rings (SSSR count). The van der Waals surface area contributed by atoms with Crippen molar-refractivity contribution in [2.45, 2.75) is 31.7 Å². The monoisotopic (exact) mass is 321 g/mol. The Bertz CT molecular complexity index is 622. The van der Waals surface area contributed by atoms with Crippen molar-refractivity contribution in [2.75, 3.05) is 11.1 Å². The molecule has 0 radical (unpaired) electrons. The van der Waals surface area contributed by atoms with E-state index in [4.69, 9.17) is 0 Å². The lowest BCUT2D eigenvalue weighted by atomic mass is 10.1. The molecule has 1 heterocycles. The quantitative estimate of drug-likeness (QED) is 0.724. The van der Waals surface area contributed by atoms with Crippen LogP contribution in [0, 0.1) is 0 Å². The Morgan fingerprint density at radius 1 is 1.24 bits per heavy atom. The van der Waals surface area contributed by atoms with Crippen LogP contribution >= 0.6 is 23.1 Å². The second-order valence-electron chi connectivity index (χ2n) is 4.49. The summed E-state index contributed by atoms with van der Waals surface area (Å²) in [5.41, 5.74) is 1.06. The number of carboxylic acid groups (broad SMARTS) is 1. The zero-order chi connectivity index (χ0) is 15.2. The molecule has 112 valence electrons. The van der Waals surface area contributed by atoms with Gasteiger partial charge in [-0.1, -0.05) is 19.9 Å². The highest BCUT2D eigenvalue weighted by Gasteiger charge is 2.15. The number of nitrogens with one attached hydrogen (secondary N) is 1. The molecule has 0 atom stereocenters. The number of aryl methyl sites for hydroxylation is 1. The molecule has 1 aromatic carbocycles. The smallest absolute Gasteiger partial charge is 0.338 e. The first-order valence-corrected chi connectivity index (χ1v) is 8.76. The van der Waals surface area contributed by atoms with E-state index in [1.165, 1.54) is 9.75 Å². The second-order valence-corrected chi connectivity index (χ2v) is 7.05. The maximum atomic E-state index is 11.5. The lowest BCUT2D eigenvalue weighted by molar-refractivity contribution is 0.0694. The lowest BCUT2D eigenvalue weighted by Gasteiger charge is -2.12. The first-order chi connectivity index (χ1) is 10.2. The summed E-state index contributed by atoms with van der Waals surface area (Å²) in [6.07, 6.45) is 1.04. The molecule has 0 unspecified atom stereocenters. The van der Waals surface area contributed by atoms with Gasteiger partial charge in [0.05, 0.1) is 11.3 Å². The van der Waals surface area contributed by atoms with Crippen LogP contribution in [0.25, 0.3) is 0 Å². The predicted molar refractivity (Wildman–Crippen MR) is 90.8 cm³/mol. The largest absolute Gasteiger partial charge is 0.478 e. The van der Waals surface area contributed by atoms with Crippen molar-refractivity contribution in [3.63, 3.8) is 0 Å². The number of benzene rings is 1. The summed E-state index contributed by atoms with van der Waals surface area (Å²) >= 11 is 3.32. The van der Waals surface area contributed by atoms with Crippen molar-refractivity contribution in [1.82, 2.24) is 0 Å². The summed E-state index contributed by atoms with van der Waals surface area (Å²) in [7, 11) is 0. The van der Waals surface area contributed by atoms with Gasteiger partial charge in [-0.25, -0.2) is 4.79 Å². The Morgan fingerprint density at radius 2 is 2.00 bits per heavy atom. The fourth-order valence-corrected chi connectivity index (χ4v) is 3.79. The minimum absolute atomic E-state index is 0.372. The standard InChI is InChI=1S/C16H19NO2S2/c1-3-11-8-9-12(21-11)10-17-13-6-5-7-14(20-4-2)15(13)16(18)19/h5-9,17H,3-4,10H2,1-2H3,(H,18,19). The normalized spacial score (nSPS) is 10.6. The van der Waals surface area contributed by atoms with Gasteiger partial charge >= 0.3 is 5.97 Å². The Balaban J connectivity index is 2.18. The molecule has 0 bridgehead atoms. The average molecular weight is 321 g/mol. The van der Waals surface area contributed by atoms with Crippen LogP contribution in [0.5, 0.6) is 0 Å². The Morgan fingerprint density at radius 3 is 2.62 bits per heavy atom. The molecular weight excluding hydrogens is 302 g/mol. The molecule has 0 spiro atoms. The number of hydrogen-bond donors (Lipinski definition) is 2. The third kappa shape index (κ3) is 4.02. The van der Waals surface area contributed by atoms with E-state index < -0.39 is 5.97 Å². The minimum atomic E-state index is -0.880. The second kappa shape index (κ2) is 7.52. The number of hydrogen-bond acceptors (Lipinski definition) is 4. The van der Waals surface area contributed by atoms with Crippen LogP contribution in [0.2, 0.25) is 0 Å². The van der Waals surface area contributed by atoms with Gasteiger partial charge in [0.25, 0.3) is 0 Å². The summed E-state index contributed by atoms with van der Waals surface area (Å²) in [5.74, 6) is -0.0244. The highest BCUT2D eigenvalue weighted by atomic mass is 32.2. The van der Waals surface area contributed by atoms with Crippen molar-refractivity contribution in [2.24, 2.45) is 0 Å². The average Bonchev–Trinajstić information content (AvgIpc) is 2.93. The molecule has 0 saturated heterocycles. The van der Waals surface area contributed by atoms with Gasteiger partial charge in [-0.05, 0) is 36.4 Å². The molecular formula is C16H19NO2S2. The molecule has 5 heteroatoms. The van der Waals surface area contributed by atoms with E-state index in [1.807, 2.05) is 25.1 Å². The SMILES string of the molecule is CCSc1cccc(NCc2ccc(CC)s2)c1C(=O)O. The van der Waals surface area contributed by atoms with Crippen molar-refractivity contribution < 1.29 is 9.90 Å². The summed E-state index contributed by atoms with van der Waals surface area (Å²) in [4.78, 5) is 14.9. The van der Waals surface area contributed by atoms with Crippen molar-refractivity contribution in [1.29, 1.82) is 0 Å². The van der Waals surface area contributed by atoms with Gasteiger partial charge in [0, 0.05) is 21.2 Å². The third-order valence-corrected chi connectivity index (χ3v) is 5.23. The molecule has 3 nitrogen and oxygen atoms in total. The van der Waals surface area contributed by atoms with Crippen LogP contribution in [0.1, 0.15) is 34.0 Å². The highest BCUT2D eigenvalue weighted by molar-refractivity contribution is 7.99. The zero-order valence-corrected chi connectivity index (χ0v) is 13.8. The fraction of sp³-hybridized carbons (Fsp3) is 0.312. The van der Waals surface area contributed by atoms with Gasteiger partial charge in [0.1, 0.15) is 0 Å². The van der Waals surface area contributed by atoms with Crippen LogP contribution in [-0.2, 0) is 13.0 Å². The number of carbonyl (C=O) groups is 1. The van der Waals surface area contributed by atoms with Gasteiger partial charge in [-0.3, -0.25) is 0 Å². The van der Waals surface area contributed by atoms with Crippen molar-refractivity contribution >= 4 is 34.8 Å². The first-order valence-electron chi connectivity index (χ1n) is 6.96. The molecule has 0 amide bonds. The molecule has 0 aliphatic rings. The van der Waals surface area contributed by atoms with E-state index in [0.29, 0.717) is 17.8 Å². The Hall–Kier alpha value is -1.46. The topological polar surface area (TPSA) is 49.3 Å². The molecule has 21 heavy (non-hydrogen) atoms. The summed E-state index contributed by atoms with van der Waals surface area (Å²) in [6.45, 7) is 4.82. The van der Waals surface area contributed by atoms with E-state index in [9.17, 15) is 9.90 Å². The third-order valence-electron chi connectivity index (χ3n) is 3.06. The van der Waals surface area contributed by atoms with Gasteiger partial charge in [0.15, 0.2) is 0 Å². The highest BCUT2D eigenvalue weighted by Crippen LogP contribution is 2.29. The van der Waals surface area contributed by atoms with E-state index in [2.05, 4.69) is 24.4 Å². The van der Waals surface area contributed by atoms with E-state index in [0.717, 1.165) is 17.1 Å². The number of aromatic carboxylic acids is 1. The van der Waals surface area contributed by atoms with E-state index >= 15 is 0 Å². The van der Waals surface area contributed by atoms with Crippen LogP contribution in [0.15, 0.2) is 35.2 Å². The summed E-state index contributed by atoms with van der Waals surface area (Å²) in [6, 6.07) is 9.82. The molecule has 2 N–H and O–H groups in total. The van der Waals surface area contributed by atoms with Crippen molar-refractivity contribution in [3.05, 3.63) is 45.6 Å². The molecule has 0 saturated carbocycles. The molecule has 0 fully saturated rings. The van der Waals surface area contributed by atoms with Crippen molar-refractivity contribution in [3.8, 4) is 0 Å². The van der Waals surface area contributed by atoms with E-state index in [1.54, 1.807) is 23.1 Å². The van der Waals surface area contributed by atoms with Gasteiger partial charge < -0.3 is 10.4 Å². The number of rotatable bonds is 7. The van der Waals surface area contributed by atoms with E-state index in [-0.39, 0.29) is 0 Å². The van der Waals surface area contributed by atoms with Gasteiger partial charge in [-0.15, -0.1) is 23.1 Å². The Kier molecular flexibility index (Phi) is 5.70. The molecule has 1 aromatic heterocycles. The van der Waals surface area contributed by atoms with Gasteiger partial charge in [-0.2, -0.15) is 0 Å². The minimum Gasteiger partial charge on any atom is -0.478 e. The number of anilines is 1. The number of thioether (sulfide) groups is 1. The molecule has 0 aliphatic carbocycles. The summed E-state index contributed by atoms with van der Waals surface area (Å²) in [5, 5.41) is 12.7. The van der Waals surface area contributed by atoms with Crippen LogP contribution in [-0.4, -0.2) is 16.8 Å². The van der Waals surface area contributed by atoms with Crippen LogP contribution in [0.3, 0.4) is 0 Å². The van der Waals surface area contributed by atoms with Gasteiger partial charge in [0.2, 0.25) is 0 Å². The first kappa shape index (κ1) is 15.9. The lowest BCUT2D eigenvalue weighted by Crippen LogP contribution is -2.07. The number of carboxylic acids is 1. The molecule has 2 aromatic rings. The Labute approximate surface area is 133 Å². The predicted octanol–water partition coefficient (Wildman–Crippen LogP) is 4.73. The maximum absolute atomic E-state index is 11.5.